The Morgan fingerprint density at radius 2 is 1.69 bits per heavy atom. The molecule has 0 spiro atoms. The summed E-state index contributed by atoms with van der Waals surface area (Å²) in [6.45, 7) is 0. The molecular formula is C28H17FO7. The molecule has 0 N–H and O–H groups in total. The molecule has 1 aliphatic rings. The first-order chi connectivity index (χ1) is 17.4. The average Bonchev–Trinajstić information content (AvgIpc) is 2.89. The highest BCUT2D eigenvalue weighted by atomic mass is 19.1. The number of benzene rings is 3. The monoisotopic (exact) mass is 484 g/mol. The largest absolute Gasteiger partial charge is 0.497 e. The van der Waals surface area contributed by atoms with Crippen LogP contribution in [0.25, 0.3) is 33.1 Å². The van der Waals surface area contributed by atoms with E-state index in [0.717, 1.165) is 0 Å². The number of methoxy groups -OCH3 is 1. The number of fused-ring (bicyclic) bond motifs is 4. The fourth-order valence-corrected chi connectivity index (χ4v) is 4.64. The summed E-state index contributed by atoms with van der Waals surface area (Å²) in [5.41, 5.74) is 1.29. The van der Waals surface area contributed by atoms with Crippen molar-refractivity contribution in [1.29, 1.82) is 0 Å². The van der Waals surface area contributed by atoms with Crippen molar-refractivity contribution in [3.8, 4) is 22.6 Å². The zero-order valence-corrected chi connectivity index (χ0v) is 18.9. The van der Waals surface area contributed by atoms with Crippen LogP contribution in [0.2, 0.25) is 0 Å². The van der Waals surface area contributed by atoms with E-state index in [4.69, 9.17) is 18.3 Å². The van der Waals surface area contributed by atoms with Gasteiger partial charge in [-0.3, -0.25) is 14.4 Å². The average molecular weight is 484 g/mol. The maximum atomic E-state index is 13.5. The van der Waals surface area contributed by atoms with Gasteiger partial charge in [-0.1, -0.05) is 12.1 Å². The van der Waals surface area contributed by atoms with Gasteiger partial charge in [0.2, 0.25) is 5.43 Å². The molecule has 1 atom stereocenters. The second-order valence-electron chi connectivity index (χ2n) is 8.45. The summed E-state index contributed by atoms with van der Waals surface area (Å²) in [5, 5.41) is 0.540. The van der Waals surface area contributed by atoms with Crippen LogP contribution >= 0.6 is 0 Å². The molecule has 0 fully saturated rings. The van der Waals surface area contributed by atoms with E-state index in [1.165, 1.54) is 56.0 Å². The van der Waals surface area contributed by atoms with Crippen molar-refractivity contribution in [2.75, 3.05) is 7.11 Å². The number of hydrogen-bond donors (Lipinski definition) is 0. The Hall–Kier alpha value is -4.72. The first-order valence-electron chi connectivity index (χ1n) is 11.1. The van der Waals surface area contributed by atoms with Crippen LogP contribution in [0.3, 0.4) is 0 Å². The van der Waals surface area contributed by atoms with Crippen molar-refractivity contribution in [3.05, 3.63) is 105 Å². The van der Waals surface area contributed by atoms with E-state index in [9.17, 15) is 18.8 Å². The molecule has 7 nitrogen and oxygen atoms in total. The molecule has 178 valence electrons. The minimum Gasteiger partial charge on any atom is -0.497 e. The highest BCUT2D eigenvalue weighted by Crippen LogP contribution is 2.42. The molecule has 5 aromatic rings. The van der Waals surface area contributed by atoms with Crippen molar-refractivity contribution in [1.82, 2.24) is 0 Å². The van der Waals surface area contributed by atoms with E-state index < -0.39 is 17.7 Å². The number of carbonyl (C=O) groups is 1. The van der Waals surface area contributed by atoms with Crippen LogP contribution < -0.4 is 20.3 Å². The standard InChI is InChI=1S/C28H17FO7/c1-33-16-6-8-22-19(10-16)27(32)21(13-34-22)18-11-24(30)36-23-9-7-17-26(31)20(12-35-28(17)25(18)23)14-2-4-15(29)5-3-14/h2-10,12-13,18H,11H2,1H3. The van der Waals surface area contributed by atoms with Crippen molar-refractivity contribution >= 4 is 27.9 Å². The molecule has 6 rings (SSSR count). The molecule has 1 unspecified atom stereocenters. The Kier molecular flexibility index (Phi) is 4.96. The summed E-state index contributed by atoms with van der Waals surface area (Å²) in [6.07, 6.45) is 2.48. The molecule has 0 bridgehead atoms. The zero-order valence-electron chi connectivity index (χ0n) is 18.9. The second-order valence-corrected chi connectivity index (χ2v) is 8.45. The molecule has 0 aliphatic carbocycles. The normalized spacial score (nSPS) is 15.1. The molecule has 3 heterocycles. The van der Waals surface area contributed by atoms with Gasteiger partial charge in [0.15, 0.2) is 5.43 Å². The fourth-order valence-electron chi connectivity index (χ4n) is 4.64. The van der Waals surface area contributed by atoms with Crippen molar-refractivity contribution in [2.24, 2.45) is 0 Å². The zero-order chi connectivity index (χ0) is 25.0. The number of rotatable bonds is 3. The van der Waals surface area contributed by atoms with Gasteiger partial charge in [0, 0.05) is 17.0 Å². The van der Waals surface area contributed by atoms with Gasteiger partial charge in [0.1, 0.15) is 34.7 Å². The molecule has 8 heteroatoms. The quantitative estimate of drug-likeness (QED) is 0.258. The SMILES string of the molecule is COc1ccc2occ(C3CC(=O)Oc4ccc5c(=O)c(-c6ccc(F)cc6)coc5c43)c(=O)c2c1. The van der Waals surface area contributed by atoms with E-state index in [1.54, 1.807) is 18.2 Å². The van der Waals surface area contributed by atoms with E-state index >= 15 is 0 Å². The molecule has 0 amide bonds. The van der Waals surface area contributed by atoms with E-state index in [1.807, 2.05) is 0 Å². The van der Waals surface area contributed by atoms with Gasteiger partial charge in [-0.2, -0.15) is 0 Å². The number of ether oxygens (including phenoxy) is 2. The van der Waals surface area contributed by atoms with Crippen molar-refractivity contribution < 1.29 is 27.5 Å². The lowest BCUT2D eigenvalue weighted by atomic mass is 9.85. The van der Waals surface area contributed by atoms with Gasteiger partial charge in [-0.05, 0) is 48.0 Å². The number of carbonyl (C=O) groups excluding carboxylic acids is 1. The smallest absolute Gasteiger partial charge is 0.312 e. The van der Waals surface area contributed by atoms with E-state index in [0.29, 0.717) is 27.8 Å². The second kappa shape index (κ2) is 8.20. The molecule has 36 heavy (non-hydrogen) atoms. The van der Waals surface area contributed by atoms with Crippen LogP contribution in [0.1, 0.15) is 23.5 Å². The Morgan fingerprint density at radius 3 is 2.47 bits per heavy atom. The predicted octanol–water partition coefficient (Wildman–Crippen LogP) is 5.16. The molecule has 0 saturated carbocycles. The molecular weight excluding hydrogens is 467 g/mol. The van der Waals surface area contributed by atoms with Crippen LogP contribution in [-0.2, 0) is 4.79 Å². The van der Waals surface area contributed by atoms with E-state index in [-0.39, 0.29) is 45.1 Å². The highest BCUT2D eigenvalue weighted by Gasteiger charge is 2.34. The number of halogens is 1. The third-order valence-corrected chi connectivity index (χ3v) is 6.42. The number of esters is 1. The summed E-state index contributed by atoms with van der Waals surface area (Å²) in [6, 6.07) is 13.4. The topological polar surface area (TPSA) is 96.0 Å². The van der Waals surface area contributed by atoms with Gasteiger partial charge < -0.3 is 18.3 Å². The Morgan fingerprint density at radius 1 is 0.889 bits per heavy atom. The van der Waals surface area contributed by atoms with Gasteiger partial charge >= 0.3 is 5.97 Å². The molecule has 1 aliphatic heterocycles. The molecule has 3 aromatic carbocycles. The van der Waals surface area contributed by atoms with Gasteiger partial charge in [0.05, 0.1) is 36.1 Å². The summed E-state index contributed by atoms with van der Waals surface area (Å²) in [5.74, 6) is -1.03. The molecule has 0 saturated heterocycles. The third-order valence-electron chi connectivity index (χ3n) is 6.42. The Labute approximate surface area is 202 Å². The van der Waals surface area contributed by atoms with Crippen LogP contribution in [-0.4, -0.2) is 13.1 Å². The maximum absolute atomic E-state index is 13.5. The van der Waals surface area contributed by atoms with Crippen molar-refractivity contribution in [3.63, 3.8) is 0 Å². The minimum atomic E-state index is -0.767. The lowest BCUT2D eigenvalue weighted by Crippen LogP contribution is -2.25. The fraction of sp³-hybridized carbons (Fsp3) is 0.107. The Balaban J connectivity index is 1.58. The van der Waals surface area contributed by atoms with Gasteiger partial charge in [-0.15, -0.1) is 0 Å². The molecule has 2 aromatic heterocycles. The van der Waals surface area contributed by atoms with Gasteiger partial charge in [0.25, 0.3) is 0 Å². The maximum Gasteiger partial charge on any atom is 0.312 e. The summed E-state index contributed by atoms with van der Waals surface area (Å²) >= 11 is 0. The lowest BCUT2D eigenvalue weighted by molar-refractivity contribution is -0.135. The molecule has 0 radical (unpaired) electrons. The first kappa shape index (κ1) is 21.8. The highest BCUT2D eigenvalue weighted by molar-refractivity contribution is 5.90. The van der Waals surface area contributed by atoms with Gasteiger partial charge in [-0.25, -0.2) is 4.39 Å². The summed E-state index contributed by atoms with van der Waals surface area (Å²) in [7, 11) is 1.49. The summed E-state index contributed by atoms with van der Waals surface area (Å²) in [4.78, 5) is 39.3. The van der Waals surface area contributed by atoms with Crippen molar-refractivity contribution in [2.45, 2.75) is 12.3 Å². The first-order valence-corrected chi connectivity index (χ1v) is 11.1. The van der Waals surface area contributed by atoms with Crippen LogP contribution in [0.5, 0.6) is 11.5 Å². The van der Waals surface area contributed by atoms with Crippen LogP contribution in [0.4, 0.5) is 4.39 Å². The van der Waals surface area contributed by atoms with Crippen LogP contribution in [0, 0.1) is 5.82 Å². The number of hydrogen-bond acceptors (Lipinski definition) is 7. The Bertz CT molecular complexity index is 1800. The lowest BCUT2D eigenvalue weighted by Gasteiger charge is -2.25. The minimum absolute atomic E-state index is 0.143. The predicted molar refractivity (Wildman–Crippen MR) is 129 cm³/mol. The van der Waals surface area contributed by atoms with E-state index in [2.05, 4.69) is 0 Å². The third kappa shape index (κ3) is 3.38. The summed E-state index contributed by atoms with van der Waals surface area (Å²) < 4.78 is 35.7. The van der Waals surface area contributed by atoms with Crippen LogP contribution in [0.15, 0.2) is 85.5 Å².